The number of benzene rings is 1. The quantitative estimate of drug-likeness (QED) is 0.499. The summed E-state index contributed by atoms with van der Waals surface area (Å²) in [4.78, 5) is 9.29. The van der Waals surface area contributed by atoms with Crippen LogP contribution in [0.1, 0.15) is 13.8 Å². The molecule has 0 aliphatic carbocycles. The molecule has 0 aromatic heterocycles. The number of methoxy groups -OCH3 is 1. The van der Waals surface area contributed by atoms with Crippen molar-refractivity contribution >= 4 is 5.96 Å². The fraction of sp³-hybridized carbons (Fsp3) is 0.650. The molecule has 0 spiro atoms. The maximum atomic E-state index is 5.93. The topological polar surface area (TPSA) is 61.4 Å². The Labute approximate surface area is 163 Å². The van der Waals surface area contributed by atoms with Crippen molar-refractivity contribution in [1.29, 1.82) is 0 Å². The molecule has 1 atom stereocenters. The van der Waals surface area contributed by atoms with Gasteiger partial charge < -0.3 is 25.0 Å². The number of guanidine groups is 1. The van der Waals surface area contributed by atoms with E-state index in [-0.39, 0.29) is 6.10 Å². The van der Waals surface area contributed by atoms with Crippen LogP contribution in [0.4, 0.5) is 0 Å². The molecule has 0 amide bonds. The van der Waals surface area contributed by atoms with Gasteiger partial charge in [0, 0.05) is 52.4 Å². The summed E-state index contributed by atoms with van der Waals surface area (Å²) >= 11 is 0. The van der Waals surface area contributed by atoms with E-state index >= 15 is 0 Å². The Hall–Kier alpha value is -1.99. The van der Waals surface area contributed by atoms with Gasteiger partial charge in [-0.2, -0.15) is 0 Å². The Morgan fingerprint density at radius 3 is 2.52 bits per heavy atom. The van der Waals surface area contributed by atoms with Crippen molar-refractivity contribution in [2.45, 2.75) is 20.0 Å². The van der Waals surface area contributed by atoms with E-state index in [1.807, 2.05) is 31.2 Å². The van der Waals surface area contributed by atoms with E-state index in [9.17, 15) is 0 Å². The van der Waals surface area contributed by atoms with Gasteiger partial charge in [0.2, 0.25) is 0 Å². The highest BCUT2D eigenvalue weighted by molar-refractivity contribution is 5.79. The van der Waals surface area contributed by atoms with E-state index in [1.54, 1.807) is 14.2 Å². The van der Waals surface area contributed by atoms with Gasteiger partial charge in [0.15, 0.2) is 5.96 Å². The highest BCUT2D eigenvalue weighted by atomic mass is 16.5. The summed E-state index contributed by atoms with van der Waals surface area (Å²) in [6, 6.07) is 7.66. The number of nitrogens with one attached hydrogen (secondary N) is 2. The van der Waals surface area contributed by atoms with Crippen LogP contribution in [-0.2, 0) is 0 Å². The molecule has 27 heavy (non-hydrogen) atoms. The number of rotatable bonds is 9. The van der Waals surface area contributed by atoms with Crippen LogP contribution in [0.5, 0.6) is 11.5 Å². The first kappa shape index (κ1) is 21.3. The van der Waals surface area contributed by atoms with Crippen LogP contribution in [0.2, 0.25) is 0 Å². The molecule has 2 N–H and O–H groups in total. The summed E-state index contributed by atoms with van der Waals surface area (Å²) in [6.07, 6.45) is 0.0118. The number of ether oxygens (including phenoxy) is 2. The van der Waals surface area contributed by atoms with Crippen molar-refractivity contribution in [2.75, 3.05) is 66.5 Å². The fourth-order valence-corrected chi connectivity index (χ4v) is 3.07. The van der Waals surface area contributed by atoms with Crippen LogP contribution in [0, 0.1) is 0 Å². The van der Waals surface area contributed by atoms with Gasteiger partial charge in [0.25, 0.3) is 0 Å². The summed E-state index contributed by atoms with van der Waals surface area (Å²) in [5.41, 5.74) is 0. The fourth-order valence-electron chi connectivity index (χ4n) is 3.07. The third-order valence-electron chi connectivity index (χ3n) is 4.79. The molecule has 1 aliphatic heterocycles. The van der Waals surface area contributed by atoms with Gasteiger partial charge in [0.1, 0.15) is 17.6 Å². The third-order valence-corrected chi connectivity index (χ3v) is 4.79. The zero-order valence-electron chi connectivity index (χ0n) is 17.2. The standard InChI is InChI=1S/C20H35N5O2/c1-5-24-11-13-25(14-12-24)10-9-22-20(21-3)23-16-17(2)27-19-8-6-7-18(15-19)26-4/h6-8,15,17H,5,9-14,16H2,1-4H3,(H2,21,22,23). The number of nitrogens with zero attached hydrogens (tertiary/aromatic N) is 3. The number of aliphatic imine (C=N–C) groups is 1. The molecule has 7 heteroatoms. The lowest BCUT2D eigenvalue weighted by Gasteiger charge is -2.34. The predicted octanol–water partition coefficient (Wildman–Crippen LogP) is 1.27. The first-order chi connectivity index (χ1) is 13.1. The second-order valence-electron chi connectivity index (χ2n) is 6.76. The molecule has 1 saturated heterocycles. The van der Waals surface area contributed by atoms with Crippen molar-refractivity contribution in [3.05, 3.63) is 24.3 Å². The summed E-state index contributed by atoms with van der Waals surface area (Å²) in [6.45, 7) is 12.6. The lowest BCUT2D eigenvalue weighted by molar-refractivity contribution is 0.139. The summed E-state index contributed by atoms with van der Waals surface area (Å²) in [7, 11) is 3.45. The monoisotopic (exact) mass is 377 g/mol. The maximum Gasteiger partial charge on any atom is 0.191 e. The van der Waals surface area contributed by atoms with Crippen LogP contribution >= 0.6 is 0 Å². The van der Waals surface area contributed by atoms with E-state index < -0.39 is 0 Å². The van der Waals surface area contributed by atoms with Gasteiger partial charge in [-0.1, -0.05) is 13.0 Å². The molecule has 7 nitrogen and oxygen atoms in total. The highest BCUT2D eigenvalue weighted by Crippen LogP contribution is 2.19. The molecule has 1 aromatic rings. The van der Waals surface area contributed by atoms with Gasteiger partial charge in [-0.15, -0.1) is 0 Å². The van der Waals surface area contributed by atoms with Crippen LogP contribution in [0.15, 0.2) is 29.3 Å². The average Bonchev–Trinajstić information content (AvgIpc) is 2.71. The maximum absolute atomic E-state index is 5.93. The van der Waals surface area contributed by atoms with Crippen molar-refractivity contribution in [1.82, 2.24) is 20.4 Å². The van der Waals surface area contributed by atoms with Crippen molar-refractivity contribution in [2.24, 2.45) is 4.99 Å². The zero-order chi connectivity index (χ0) is 19.5. The van der Waals surface area contributed by atoms with E-state index in [4.69, 9.17) is 9.47 Å². The van der Waals surface area contributed by atoms with Gasteiger partial charge in [-0.05, 0) is 25.6 Å². The number of likely N-dealkylation sites (N-methyl/N-ethyl adjacent to an activating group) is 1. The van der Waals surface area contributed by atoms with Gasteiger partial charge >= 0.3 is 0 Å². The lowest BCUT2D eigenvalue weighted by atomic mass is 10.3. The Morgan fingerprint density at radius 2 is 1.85 bits per heavy atom. The molecular formula is C20H35N5O2. The van der Waals surface area contributed by atoms with Crippen LogP contribution < -0.4 is 20.1 Å². The van der Waals surface area contributed by atoms with Crippen LogP contribution in [-0.4, -0.2) is 88.4 Å². The molecule has 1 fully saturated rings. The molecule has 1 heterocycles. The molecule has 152 valence electrons. The smallest absolute Gasteiger partial charge is 0.191 e. The van der Waals surface area contributed by atoms with Crippen molar-refractivity contribution < 1.29 is 9.47 Å². The molecule has 1 aliphatic rings. The molecule has 0 saturated carbocycles. The minimum Gasteiger partial charge on any atom is -0.497 e. The second kappa shape index (κ2) is 11.7. The lowest BCUT2D eigenvalue weighted by Crippen LogP contribution is -2.49. The first-order valence-electron chi connectivity index (χ1n) is 9.84. The van der Waals surface area contributed by atoms with Crippen molar-refractivity contribution in [3.63, 3.8) is 0 Å². The van der Waals surface area contributed by atoms with E-state index in [1.165, 1.54) is 13.1 Å². The van der Waals surface area contributed by atoms with Crippen LogP contribution in [0.25, 0.3) is 0 Å². The summed E-state index contributed by atoms with van der Waals surface area (Å²) < 4.78 is 11.2. The highest BCUT2D eigenvalue weighted by Gasteiger charge is 2.14. The molecular weight excluding hydrogens is 342 g/mol. The summed E-state index contributed by atoms with van der Waals surface area (Å²) in [5.74, 6) is 2.41. The SMILES string of the molecule is CCN1CCN(CCNC(=NC)NCC(C)Oc2cccc(OC)c2)CC1. The average molecular weight is 378 g/mol. The van der Waals surface area contributed by atoms with E-state index in [0.29, 0.717) is 6.54 Å². The van der Waals surface area contributed by atoms with Gasteiger partial charge in [0.05, 0.1) is 13.7 Å². The van der Waals surface area contributed by atoms with Crippen molar-refractivity contribution in [3.8, 4) is 11.5 Å². The Balaban J connectivity index is 1.64. The van der Waals surface area contributed by atoms with E-state index in [2.05, 4.69) is 32.3 Å². The largest absolute Gasteiger partial charge is 0.497 e. The normalized spacial score (nSPS) is 17.4. The zero-order valence-corrected chi connectivity index (χ0v) is 17.2. The van der Waals surface area contributed by atoms with Gasteiger partial charge in [-0.3, -0.25) is 9.89 Å². The molecule has 2 rings (SSSR count). The minimum atomic E-state index is 0.0118. The predicted molar refractivity (Wildman–Crippen MR) is 111 cm³/mol. The molecule has 0 bridgehead atoms. The van der Waals surface area contributed by atoms with Crippen LogP contribution in [0.3, 0.4) is 0 Å². The summed E-state index contributed by atoms with van der Waals surface area (Å²) in [5, 5.41) is 6.72. The number of piperazine rings is 1. The second-order valence-corrected chi connectivity index (χ2v) is 6.76. The minimum absolute atomic E-state index is 0.0118. The van der Waals surface area contributed by atoms with E-state index in [0.717, 1.165) is 50.2 Å². The first-order valence-corrected chi connectivity index (χ1v) is 9.84. The Morgan fingerprint density at radius 1 is 1.15 bits per heavy atom. The Bertz CT molecular complexity index is 573. The molecule has 1 aromatic carbocycles. The number of hydrogen-bond acceptors (Lipinski definition) is 5. The van der Waals surface area contributed by atoms with Gasteiger partial charge in [-0.25, -0.2) is 0 Å². The third kappa shape index (κ3) is 7.64. The molecule has 1 unspecified atom stereocenters. The number of hydrogen-bond donors (Lipinski definition) is 2. The molecule has 0 radical (unpaired) electrons. The Kier molecular flexibility index (Phi) is 9.21.